The lowest BCUT2D eigenvalue weighted by Crippen LogP contribution is -2.41. The van der Waals surface area contributed by atoms with Crippen LogP contribution < -0.4 is 16.8 Å². The molecule has 0 aliphatic heterocycles. The van der Waals surface area contributed by atoms with E-state index in [1.165, 1.54) is 0 Å². The van der Waals surface area contributed by atoms with Gasteiger partial charge in [-0.05, 0) is 60.2 Å². The van der Waals surface area contributed by atoms with Gasteiger partial charge in [-0.25, -0.2) is 4.98 Å². The Kier molecular flexibility index (Phi) is 5.56. The average molecular weight is 441 g/mol. The van der Waals surface area contributed by atoms with E-state index in [9.17, 15) is 4.79 Å². The largest absolute Gasteiger partial charge is 0.384 e. The first-order valence-corrected chi connectivity index (χ1v) is 11.4. The predicted molar refractivity (Wildman–Crippen MR) is 131 cm³/mol. The molecule has 1 aliphatic carbocycles. The Morgan fingerprint density at radius 2 is 1.82 bits per heavy atom. The van der Waals surface area contributed by atoms with Gasteiger partial charge in [-0.2, -0.15) is 0 Å². The molecule has 5 rings (SSSR count). The number of benzene rings is 3. The van der Waals surface area contributed by atoms with E-state index in [1.807, 2.05) is 28.8 Å². The van der Waals surface area contributed by atoms with Crippen LogP contribution in [-0.2, 0) is 6.54 Å². The molecule has 7 heteroatoms. The summed E-state index contributed by atoms with van der Waals surface area (Å²) in [5.74, 6) is 0.162. The van der Waals surface area contributed by atoms with Crippen molar-refractivity contribution in [2.75, 3.05) is 0 Å². The van der Waals surface area contributed by atoms with Crippen LogP contribution in [0.1, 0.15) is 47.4 Å². The highest BCUT2D eigenvalue weighted by Gasteiger charge is 2.24. The van der Waals surface area contributed by atoms with Crippen LogP contribution in [0.2, 0.25) is 0 Å². The molecule has 6 N–H and O–H groups in total. The molecule has 1 fully saturated rings. The molecule has 1 aliphatic rings. The summed E-state index contributed by atoms with van der Waals surface area (Å²) in [6, 6.07) is 20.2. The third-order valence-corrected chi connectivity index (χ3v) is 6.58. The second-order valence-electron chi connectivity index (χ2n) is 8.86. The van der Waals surface area contributed by atoms with Crippen LogP contribution in [0.5, 0.6) is 0 Å². The average Bonchev–Trinajstić information content (AvgIpc) is 3.18. The topological polar surface area (TPSA) is 123 Å². The van der Waals surface area contributed by atoms with Crippen molar-refractivity contribution in [1.29, 1.82) is 5.41 Å². The van der Waals surface area contributed by atoms with Gasteiger partial charge in [-0.1, -0.05) is 42.5 Å². The molecule has 0 bridgehead atoms. The number of carbonyl (C=O) groups is 1. The summed E-state index contributed by atoms with van der Waals surface area (Å²) in [5.41, 5.74) is 14.9. The van der Waals surface area contributed by atoms with E-state index in [2.05, 4.69) is 34.6 Å². The first-order chi connectivity index (χ1) is 16.0. The number of amides is 1. The lowest BCUT2D eigenvalue weighted by Gasteiger charge is -2.26. The number of nitrogens with zero attached hydrogens (tertiary/aromatic N) is 2. The van der Waals surface area contributed by atoms with Crippen molar-refractivity contribution >= 4 is 33.5 Å². The Balaban J connectivity index is 1.56. The molecule has 168 valence electrons. The van der Waals surface area contributed by atoms with Gasteiger partial charge in [0.25, 0.3) is 5.91 Å². The summed E-state index contributed by atoms with van der Waals surface area (Å²) in [6.07, 6.45) is 3.59. The molecule has 0 spiro atoms. The number of fused-ring (bicyclic) bond motifs is 2. The molecule has 1 saturated carbocycles. The Morgan fingerprint density at radius 1 is 1.06 bits per heavy atom. The third-order valence-electron chi connectivity index (χ3n) is 6.58. The number of nitrogen functional groups attached to an aromatic ring is 1. The fourth-order valence-electron chi connectivity index (χ4n) is 4.74. The fourth-order valence-corrected chi connectivity index (χ4v) is 4.74. The minimum absolute atomic E-state index is 0.0231. The number of carbonyl (C=O) groups excluding carboxylic acids is 1. The quantitative estimate of drug-likeness (QED) is 0.280. The number of rotatable bonds is 5. The number of amidine groups is 1. The van der Waals surface area contributed by atoms with E-state index >= 15 is 0 Å². The van der Waals surface area contributed by atoms with E-state index in [1.54, 1.807) is 12.1 Å². The number of nitrogens with two attached hydrogens (primary N) is 2. The monoisotopic (exact) mass is 440 g/mol. The van der Waals surface area contributed by atoms with E-state index in [4.69, 9.17) is 16.9 Å². The summed E-state index contributed by atoms with van der Waals surface area (Å²) in [6.45, 7) is 0.509. The van der Waals surface area contributed by atoms with Crippen LogP contribution in [0, 0.1) is 5.41 Å². The number of hydrogen-bond acceptors (Lipinski definition) is 4. The van der Waals surface area contributed by atoms with Crippen LogP contribution in [-0.4, -0.2) is 33.4 Å². The Hall–Kier alpha value is -3.71. The minimum atomic E-state index is -0.184. The smallest absolute Gasteiger partial charge is 0.287 e. The molecule has 0 saturated heterocycles. The van der Waals surface area contributed by atoms with Crippen LogP contribution in [0.3, 0.4) is 0 Å². The van der Waals surface area contributed by atoms with Crippen molar-refractivity contribution in [2.45, 2.75) is 44.3 Å². The fraction of sp³-hybridized carbons (Fsp3) is 0.269. The molecule has 0 radical (unpaired) electrons. The molecule has 1 heterocycles. The summed E-state index contributed by atoms with van der Waals surface area (Å²) in [4.78, 5) is 18.1. The number of nitrogens with one attached hydrogen (secondary N) is 2. The highest BCUT2D eigenvalue weighted by molar-refractivity contribution is 6.00. The van der Waals surface area contributed by atoms with Gasteiger partial charge in [0.15, 0.2) is 5.82 Å². The number of imidazole rings is 1. The van der Waals surface area contributed by atoms with Gasteiger partial charge in [0, 0.05) is 17.6 Å². The van der Waals surface area contributed by atoms with Gasteiger partial charge in [-0.3, -0.25) is 10.2 Å². The molecular weight excluding hydrogens is 412 g/mol. The molecule has 1 aromatic heterocycles. The number of aromatic nitrogens is 2. The van der Waals surface area contributed by atoms with Gasteiger partial charge in [-0.15, -0.1) is 0 Å². The van der Waals surface area contributed by atoms with Gasteiger partial charge in [0.2, 0.25) is 0 Å². The second kappa shape index (κ2) is 8.67. The highest BCUT2D eigenvalue weighted by Crippen LogP contribution is 2.25. The molecule has 4 aromatic rings. The van der Waals surface area contributed by atoms with Gasteiger partial charge < -0.3 is 21.4 Å². The Labute approximate surface area is 192 Å². The van der Waals surface area contributed by atoms with Crippen LogP contribution in [0.4, 0.5) is 0 Å². The molecule has 7 nitrogen and oxygen atoms in total. The van der Waals surface area contributed by atoms with Crippen LogP contribution >= 0.6 is 0 Å². The third kappa shape index (κ3) is 4.19. The van der Waals surface area contributed by atoms with Crippen molar-refractivity contribution in [1.82, 2.24) is 14.9 Å². The summed E-state index contributed by atoms with van der Waals surface area (Å²) >= 11 is 0. The summed E-state index contributed by atoms with van der Waals surface area (Å²) < 4.78 is 1.96. The SMILES string of the molecule is N=C(N)c1ccc2c(c1)nc(C(=O)NC1CCC(N)CC1)n2Cc1cccc2ccccc12. The van der Waals surface area contributed by atoms with E-state index in [-0.39, 0.29) is 23.8 Å². The number of hydrogen-bond donors (Lipinski definition) is 4. The van der Waals surface area contributed by atoms with Crippen molar-refractivity contribution in [3.05, 3.63) is 77.6 Å². The zero-order valence-electron chi connectivity index (χ0n) is 18.4. The first kappa shape index (κ1) is 21.2. The molecular formula is C26H28N6O. The molecule has 3 aromatic carbocycles. The first-order valence-electron chi connectivity index (χ1n) is 11.4. The summed E-state index contributed by atoms with van der Waals surface area (Å²) in [5, 5.41) is 13.2. The van der Waals surface area contributed by atoms with Crippen molar-refractivity contribution in [3.63, 3.8) is 0 Å². The normalized spacial score (nSPS) is 18.5. The van der Waals surface area contributed by atoms with Crippen molar-refractivity contribution in [2.24, 2.45) is 11.5 Å². The lowest BCUT2D eigenvalue weighted by molar-refractivity contribution is 0.0912. The molecule has 33 heavy (non-hydrogen) atoms. The summed E-state index contributed by atoms with van der Waals surface area (Å²) in [7, 11) is 0. The molecule has 0 unspecified atom stereocenters. The maximum atomic E-state index is 13.4. The Morgan fingerprint density at radius 3 is 2.61 bits per heavy atom. The zero-order chi connectivity index (χ0) is 22.9. The van der Waals surface area contributed by atoms with E-state index in [0.29, 0.717) is 23.4 Å². The van der Waals surface area contributed by atoms with Crippen LogP contribution in [0.15, 0.2) is 60.7 Å². The highest BCUT2D eigenvalue weighted by atomic mass is 16.2. The predicted octanol–water partition coefficient (Wildman–Crippen LogP) is 3.52. The molecule has 1 amide bonds. The van der Waals surface area contributed by atoms with Crippen molar-refractivity contribution in [3.8, 4) is 0 Å². The van der Waals surface area contributed by atoms with E-state index in [0.717, 1.165) is 47.5 Å². The van der Waals surface area contributed by atoms with Gasteiger partial charge in [0.05, 0.1) is 17.6 Å². The maximum Gasteiger partial charge on any atom is 0.287 e. The maximum absolute atomic E-state index is 13.4. The lowest BCUT2D eigenvalue weighted by atomic mass is 9.92. The van der Waals surface area contributed by atoms with Crippen molar-refractivity contribution < 1.29 is 4.79 Å². The standard InChI is InChI=1S/C26H28N6O/c27-19-9-11-20(12-10-19)30-26(33)25-31-22-14-17(24(28)29)8-13-23(22)32(25)15-18-6-3-5-16-4-1-2-7-21(16)18/h1-8,13-14,19-20H,9-12,15,27H2,(H3,28,29)(H,30,33). The second-order valence-corrected chi connectivity index (χ2v) is 8.86. The van der Waals surface area contributed by atoms with Gasteiger partial charge in [0.1, 0.15) is 5.84 Å². The zero-order valence-corrected chi connectivity index (χ0v) is 18.4. The van der Waals surface area contributed by atoms with Gasteiger partial charge >= 0.3 is 0 Å². The molecule has 0 atom stereocenters. The Bertz CT molecular complexity index is 1340. The minimum Gasteiger partial charge on any atom is -0.384 e. The van der Waals surface area contributed by atoms with E-state index < -0.39 is 0 Å². The van der Waals surface area contributed by atoms with Crippen LogP contribution in [0.25, 0.3) is 21.8 Å².